The van der Waals surface area contributed by atoms with Gasteiger partial charge in [-0.25, -0.2) is 0 Å². The van der Waals surface area contributed by atoms with Gasteiger partial charge >= 0.3 is 0 Å². The van der Waals surface area contributed by atoms with E-state index < -0.39 is 24.7 Å². The van der Waals surface area contributed by atoms with Crippen LogP contribution in [0.5, 0.6) is 0 Å². The molecular formula is C14H33N4PSi2. The molecular weight excluding hydrogens is 311 g/mol. The van der Waals surface area contributed by atoms with Gasteiger partial charge in [0.05, 0.1) is 0 Å². The average Bonchev–Trinajstić information content (AvgIpc) is 2.08. The van der Waals surface area contributed by atoms with Gasteiger partial charge in [-0.3, -0.25) is 8.67 Å². The van der Waals surface area contributed by atoms with Crippen LogP contribution in [0.1, 0.15) is 41.5 Å². The number of nitrogens with zero attached hydrogens (tertiary/aromatic N) is 4. The zero-order valence-corrected chi connectivity index (χ0v) is 18.6. The van der Waals surface area contributed by atoms with E-state index in [1.54, 1.807) is 0 Å². The van der Waals surface area contributed by atoms with Crippen molar-refractivity contribution in [2.24, 2.45) is 0 Å². The smallest absolute Gasteiger partial charge is 0.283 e. The highest BCUT2D eigenvalue weighted by atomic mass is 31.1. The van der Waals surface area contributed by atoms with E-state index in [-0.39, 0.29) is 11.1 Å². The van der Waals surface area contributed by atoms with E-state index in [9.17, 15) is 5.53 Å². The lowest BCUT2D eigenvalue weighted by molar-refractivity contribution is 0.00185. The molecule has 122 valence electrons. The van der Waals surface area contributed by atoms with Crippen LogP contribution in [-0.2, 0) is 0 Å². The van der Waals surface area contributed by atoms with Crippen LogP contribution in [0.2, 0.25) is 32.7 Å². The van der Waals surface area contributed by atoms with Crippen molar-refractivity contribution in [3.63, 3.8) is 0 Å². The fraction of sp³-hybridized carbons (Fsp3) is 0.929. The molecule has 0 aromatic heterocycles. The van der Waals surface area contributed by atoms with Crippen LogP contribution in [0, 0.1) is 0 Å². The first-order valence-electron chi connectivity index (χ1n) is 7.69. The fourth-order valence-corrected chi connectivity index (χ4v) is 17.4. The third kappa shape index (κ3) is 3.41. The molecule has 0 amide bonds. The Morgan fingerprint density at radius 2 is 1.29 bits per heavy atom. The van der Waals surface area contributed by atoms with Gasteiger partial charge < -0.3 is 5.53 Å². The van der Waals surface area contributed by atoms with Crippen LogP contribution < -0.4 is 0 Å². The summed E-state index contributed by atoms with van der Waals surface area (Å²) in [5.41, 5.74) is 9.96. The minimum absolute atomic E-state index is 0.110. The predicted molar refractivity (Wildman–Crippen MR) is 99.6 cm³/mol. The molecule has 21 heavy (non-hydrogen) atoms. The molecule has 1 aliphatic rings. The second-order valence-corrected chi connectivity index (χ2v) is 21.3. The van der Waals surface area contributed by atoms with Crippen molar-refractivity contribution in [3.05, 3.63) is 5.53 Å². The van der Waals surface area contributed by atoms with Gasteiger partial charge in [0.2, 0.25) is 8.40 Å². The lowest BCUT2D eigenvalue weighted by Crippen LogP contribution is -2.78. The van der Waals surface area contributed by atoms with Gasteiger partial charge in [-0.15, -0.1) is 0 Å². The molecule has 1 heterocycles. The normalized spacial score (nSPS) is 21.9. The van der Waals surface area contributed by atoms with Gasteiger partial charge in [0, 0.05) is 11.1 Å². The van der Waals surface area contributed by atoms with E-state index >= 15 is 0 Å². The highest BCUT2D eigenvalue weighted by Gasteiger charge is 2.67. The van der Waals surface area contributed by atoms with Gasteiger partial charge in [-0.2, -0.15) is 4.79 Å². The molecule has 1 aliphatic heterocycles. The Labute approximate surface area is 134 Å². The van der Waals surface area contributed by atoms with Crippen molar-refractivity contribution in [3.8, 4) is 0 Å². The highest BCUT2D eigenvalue weighted by Crippen LogP contribution is 2.67. The second kappa shape index (κ2) is 5.36. The van der Waals surface area contributed by atoms with Crippen molar-refractivity contribution in [2.75, 3.05) is 0 Å². The van der Waals surface area contributed by atoms with Crippen molar-refractivity contribution in [2.45, 2.75) is 85.4 Å². The molecule has 1 saturated heterocycles. The molecule has 0 saturated carbocycles. The van der Waals surface area contributed by atoms with Crippen LogP contribution in [0.3, 0.4) is 0 Å². The molecule has 0 radical (unpaired) electrons. The Kier molecular flexibility index (Phi) is 4.90. The van der Waals surface area contributed by atoms with E-state index in [1.807, 2.05) is 0 Å². The molecule has 1 rings (SSSR count). The molecule has 0 aromatic carbocycles. The molecule has 0 spiro atoms. The van der Waals surface area contributed by atoms with Gasteiger partial charge in [-0.1, -0.05) is 19.6 Å². The molecule has 0 bridgehead atoms. The lowest BCUT2D eigenvalue weighted by Gasteiger charge is -2.68. The summed E-state index contributed by atoms with van der Waals surface area (Å²) in [6, 6.07) is 0. The van der Waals surface area contributed by atoms with Gasteiger partial charge in [0.15, 0.2) is 8.07 Å². The average molecular weight is 345 g/mol. The Bertz CT molecular complexity index is 441. The van der Waals surface area contributed by atoms with Gasteiger partial charge in [-0.05, 0) is 54.6 Å². The molecule has 4 nitrogen and oxygen atoms in total. The van der Waals surface area contributed by atoms with Crippen LogP contribution in [0.25, 0.3) is 5.53 Å². The molecule has 0 aromatic rings. The zero-order valence-electron chi connectivity index (χ0n) is 15.7. The van der Waals surface area contributed by atoms with Crippen LogP contribution >= 0.6 is 8.22 Å². The molecule has 0 unspecified atom stereocenters. The highest BCUT2D eigenvalue weighted by molar-refractivity contribution is 7.84. The zero-order chi connectivity index (χ0) is 17.0. The summed E-state index contributed by atoms with van der Waals surface area (Å²) < 4.78 is 5.38. The van der Waals surface area contributed by atoms with E-state index in [2.05, 4.69) is 87.7 Å². The Balaban J connectivity index is 3.45. The third-order valence-electron chi connectivity index (χ3n) is 3.64. The second-order valence-electron chi connectivity index (χ2n) is 9.42. The van der Waals surface area contributed by atoms with Crippen molar-refractivity contribution < 1.29 is 4.79 Å². The van der Waals surface area contributed by atoms with Crippen molar-refractivity contribution in [1.29, 1.82) is 0 Å². The van der Waals surface area contributed by atoms with E-state index in [4.69, 9.17) is 0 Å². The molecule has 1 fully saturated rings. The number of rotatable bonds is 2. The summed E-state index contributed by atoms with van der Waals surface area (Å²) in [5, 5.41) is 1.06. The summed E-state index contributed by atoms with van der Waals surface area (Å²) in [7, 11) is -3.98. The largest absolute Gasteiger partial charge is 0.362 e. The topological polar surface area (TPSA) is 42.9 Å². The Morgan fingerprint density at radius 3 is 1.48 bits per heavy atom. The molecule has 0 atom stereocenters. The quantitative estimate of drug-likeness (QED) is 0.239. The maximum Gasteiger partial charge on any atom is 0.283 e. The van der Waals surface area contributed by atoms with Crippen molar-refractivity contribution >= 4 is 29.8 Å². The van der Waals surface area contributed by atoms with E-state index in [1.165, 1.54) is 0 Å². The summed E-state index contributed by atoms with van der Waals surface area (Å²) >= 11 is 0. The van der Waals surface area contributed by atoms with Crippen LogP contribution in [-0.4, -0.2) is 46.1 Å². The van der Waals surface area contributed by atoms with Gasteiger partial charge in [0.25, 0.3) is 5.08 Å². The van der Waals surface area contributed by atoms with Crippen molar-refractivity contribution in [1.82, 2.24) is 8.67 Å². The molecule has 7 heteroatoms. The third-order valence-corrected chi connectivity index (χ3v) is 17.6. The minimum atomic E-state index is -1.68. The Morgan fingerprint density at radius 1 is 0.952 bits per heavy atom. The summed E-state index contributed by atoms with van der Waals surface area (Å²) in [4.78, 5) is 3.82. The first kappa shape index (κ1) is 19.2. The van der Waals surface area contributed by atoms with Gasteiger partial charge in [0.1, 0.15) is 8.22 Å². The monoisotopic (exact) mass is 344 g/mol. The SMILES string of the molecule is CC(C)(C)N1P(C(=[N+]=[N-])[Si](C)(C)C)N(C(C)(C)C)[Si]1(C)C. The maximum absolute atomic E-state index is 9.74. The fourth-order valence-electron chi connectivity index (χ4n) is 3.49. The van der Waals surface area contributed by atoms with E-state index in [0.717, 1.165) is 5.08 Å². The standard InChI is InChI=1S/C14H33N4PSi2/c1-13(2,3)17-19(12(16-15)20(7,8)9)18(14(4,5)6)21(17,10)11/h1-11H3. The molecule has 0 aliphatic carbocycles. The van der Waals surface area contributed by atoms with Crippen LogP contribution in [0.4, 0.5) is 0 Å². The van der Waals surface area contributed by atoms with E-state index in [0.29, 0.717) is 0 Å². The first-order chi connectivity index (χ1) is 9.06. The Hall–Kier alpha value is 0.164. The summed E-state index contributed by atoms with van der Waals surface area (Å²) in [5.74, 6) is 0. The predicted octanol–water partition coefficient (Wildman–Crippen LogP) is 4.72. The minimum Gasteiger partial charge on any atom is -0.362 e. The number of hydrogen-bond donors (Lipinski definition) is 0. The van der Waals surface area contributed by atoms with Crippen LogP contribution in [0.15, 0.2) is 0 Å². The number of hydrogen-bond acceptors (Lipinski definition) is 2. The molecule has 0 N–H and O–H groups in total. The summed E-state index contributed by atoms with van der Waals surface area (Å²) in [6.07, 6.45) is 0. The maximum atomic E-state index is 9.74. The lowest BCUT2D eigenvalue weighted by atomic mass is 10.1. The summed E-state index contributed by atoms with van der Waals surface area (Å²) in [6.45, 7) is 25.4. The first-order valence-corrected chi connectivity index (χ1v) is 15.3.